The number of nitrogens with one attached hydrogen (secondary N) is 1. The normalized spacial score (nSPS) is 17.9. The molecular weight excluding hydrogens is 248 g/mol. The van der Waals surface area contributed by atoms with Crippen LogP contribution in [0.3, 0.4) is 0 Å². The molecule has 2 rings (SSSR count). The summed E-state index contributed by atoms with van der Waals surface area (Å²) in [6.07, 6.45) is 2.56. The maximum Gasteiger partial charge on any atom is 0.234 e. The minimum absolute atomic E-state index is 0.101. The molecule has 20 heavy (non-hydrogen) atoms. The molecule has 1 amide bonds. The monoisotopic (exact) mass is 274 g/mol. The highest BCUT2D eigenvalue weighted by molar-refractivity contribution is 5.78. The number of carbonyl (C=O) groups is 1. The highest BCUT2D eigenvalue weighted by Gasteiger charge is 2.44. The van der Waals surface area contributed by atoms with Crippen LogP contribution in [0.25, 0.3) is 0 Å². The van der Waals surface area contributed by atoms with Crippen molar-refractivity contribution in [3.05, 3.63) is 35.4 Å². The molecule has 1 aromatic carbocycles. The van der Waals surface area contributed by atoms with E-state index >= 15 is 0 Å². The molecule has 1 aliphatic carbocycles. The molecular formula is C17H26N2O. The van der Waals surface area contributed by atoms with E-state index in [4.69, 9.17) is 0 Å². The van der Waals surface area contributed by atoms with Gasteiger partial charge in [0.15, 0.2) is 0 Å². The van der Waals surface area contributed by atoms with Crippen LogP contribution in [-0.4, -0.2) is 30.4 Å². The lowest BCUT2D eigenvalue weighted by Gasteiger charge is -2.29. The zero-order chi connectivity index (χ0) is 14.8. The fourth-order valence-electron chi connectivity index (χ4n) is 2.47. The predicted octanol–water partition coefficient (Wildman–Crippen LogP) is 2.73. The van der Waals surface area contributed by atoms with Crippen LogP contribution in [-0.2, 0) is 11.3 Å². The Labute approximate surface area is 122 Å². The molecule has 3 heteroatoms. The van der Waals surface area contributed by atoms with Crippen LogP contribution in [0.1, 0.15) is 37.8 Å². The minimum Gasteiger partial charge on any atom is -0.351 e. The molecule has 1 saturated carbocycles. The zero-order valence-corrected chi connectivity index (χ0v) is 13.1. The molecule has 0 aromatic heterocycles. The van der Waals surface area contributed by atoms with Gasteiger partial charge in [-0.25, -0.2) is 0 Å². The van der Waals surface area contributed by atoms with Crippen LogP contribution in [0, 0.1) is 12.3 Å². The Morgan fingerprint density at radius 3 is 2.50 bits per heavy atom. The van der Waals surface area contributed by atoms with Crippen LogP contribution in [0.4, 0.5) is 0 Å². The molecule has 1 aliphatic rings. The van der Waals surface area contributed by atoms with Gasteiger partial charge < -0.3 is 5.32 Å². The van der Waals surface area contributed by atoms with Crippen molar-refractivity contribution >= 4 is 5.91 Å². The van der Waals surface area contributed by atoms with Gasteiger partial charge >= 0.3 is 0 Å². The maximum absolute atomic E-state index is 12.0. The van der Waals surface area contributed by atoms with Gasteiger partial charge in [0.05, 0.1) is 6.54 Å². The van der Waals surface area contributed by atoms with Crippen LogP contribution in [0.5, 0.6) is 0 Å². The first-order valence-electron chi connectivity index (χ1n) is 7.43. The fraction of sp³-hybridized carbons (Fsp3) is 0.588. The molecule has 0 spiro atoms. The van der Waals surface area contributed by atoms with E-state index in [0.29, 0.717) is 24.5 Å². The van der Waals surface area contributed by atoms with Gasteiger partial charge in [-0.3, -0.25) is 9.69 Å². The van der Waals surface area contributed by atoms with E-state index in [1.807, 2.05) is 7.05 Å². The molecule has 0 aliphatic heterocycles. The smallest absolute Gasteiger partial charge is 0.234 e. The Kier molecular flexibility index (Phi) is 4.48. The molecule has 0 unspecified atom stereocenters. The number of hydrogen-bond acceptors (Lipinski definition) is 2. The third-order valence-corrected chi connectivity index (χ3v) is 4.71. The highest BCUT2D eigenvalue weighted by atomic mass is 16.2. The predicted molar refractivity (Wildman–Crippen MR) is 82.5 cm³/mol. The van der Waals surface area contributed by atoms with Crippen LogP contribution in [0.15, 0.2) is 24.3 Å². The molecule has 3 nitrogen and oxygen atoms in total. The number of nitrogens with zero attached hydrogens (tertiary/aromatic N) is 1. The lowest BCUT2D eigenvalue weighted by atomic mass is 9.99. The zero-order valence-electron chi connectivity index (χ0n) is 13.1. The lowest BCUT2D eigenvalue weighted by Crippen LogP contribution is -2.42. The van der Waals surface area contributed by atoms with Gasteiger partial charge in [-0.1, -0.05) is 36.8 Å². The minimum atomic E-state index is 0.101. The molecule has 1 N–H and O–H groups in total. The molecule has 1 fully saturated rings. The van der Waals surface area contributed by atoms with Crippen LogP contribution in [0.2, 0.25) is 0 Å². The van der Waals surface area contributed by atoms with Crippen molar-refractivity contribution in [1.29, 1.82) is 0 Å². The summed E-state index contributed by atoms with van der Waals surface area (Å²) >= 11 is 0. The Morgan fingerprint density at radius 2 is 1.95 bits per heavy atom. The molecule has 110 valence electrons. The Balaban J connectivity index is 1.76. The Bertz CT molecular complexity index is 462. The average Bonchev–Trinajstić information content (AvgIpc) is 3.16. The van der Waals surface area contributed by atoms with Crippen LogP contribution < -0.4 is 5.32 Å². The van der Waals surface area contributed by atoms with Crippen molar-refractivity contribution in [2.24, 2.45) is 5.41 Å². The molecule has 1 atom stereocenters. The second-order valence-electron chi connectivity index (χ2n) is 6.51. The summed E-state index contributed by atoms with van der Waals surface area (Å²) in [5, 5.41) is 3.00. The van der Waals surface area contributed by atoms with E-state index in [2.05, 4.69) is 55.3 Å². The van der Waals surface area contributed by atoms with Gasteiger partial charge in [-0.2, -0.15) is 0 Å². The maximum atomic E-state index is 12.0. The quantitative estimate of drug-likeness (QED) is 0.865. The van der Waals surface area contributed by atoms with Crippen molar-refractivity contribution in [1.82, 2.24) is 10.2 Å². The summed E-state index contributed by atoms with van der Waals surface area (Å²) in [5.74, 6) is 0.101. The summed E-state index contributed by atoms with van der Waals surface area (Å²) in [6, 6.07) is 8.74. The number of rotatable bonds is 6. The summed E-state index contributed by atoms with van der Waals surface area (Å²) in [6.45, 7) is 7.68. The average molecular weight is 274 g/mol. The molecule has 1 aromatic rings. The van der Waals surface area contributed by atoms with Gasteiger partial charge in [-0.05, 0) is 44.7 Å². The SMILES string of the molecule is Cc1ccc(CNC(=O)CN(C)[C@@H](C)C2(C)CC2)cc1. The third-order valence-electron chi connectivity index (χ3n) is 4.71. The molecule has 0 saturated heterocycles. The summed E-state index contributed by atoms with van der Waals surface area (Å²) in [4.78, 5) is 14.2. The topological polar surface area (TPSA) is 32.3 Å². The van der Waals surface area contributed by atoms with E-state index in [9.17, 15) is 4.79 Å². The Morgan fingerprint density at radius 1 is 1.35 bits per heavy atom. The molecule has 0 radical (unpaired) electrons. The second-order valence-corrected chi connectivity index (χ2v) is 6.51. The largest absolute Gasteiger partial charge is 0.351 e. The Hall–Kier alpha value is -1.35. The lowest BCUT2D eigenvalue weighted by molar-refractivity contribution is -0.122. The first kappa shape index (κ1) is 15.0. The van der Waals surface area contributed by atoms with Crippen molar-refractivity contribution < 1.29 is 4.79 Å². The second kappa shape index (κ2) is 5.96. The fourth-order valence-corrected chi connectivity index (χ4v) is 2.47. The summed E-state index contributed by atoms with van der Waals surface area (Å²) in [5.41, 5.74) is 2.81. The van der Waals surface area contributed by atoms with Crippen molar-refractivity contribution in [3.8, 4) is 0 Å². The first-order valence-corrected chi connectivity index (χ1v) is 7.43. The number of hydrogen-bond donors (Lipinski definition) is 1. The van der Waals surface area contributed by atoms with Crippen molar-refractivity contribution in [3.63, 3.8) is 0 Å². The first-order chi connectivity index (χ1) is 9.40. The van der Waals surface area contributed by atoms with E-state index in [0.717, 1.165) is 5.56 Å². The van der Waals surface area contributed by atoms with Gasteiger partial charge in [-0.15, -0.1) is 0 Å². The number of benzene rings is 1. The van der Waals surface area contributed by atoms with Crippen molar-refractivity contribution in [2.75, 3.05) is 13.6 Å². The number of amides is 1. The van der Waals surface area contributed by atoms with E-state index in [1.165, 1.54) is 18.4 Å². The third kappa shape index (κ3) is 3.83. The van der Waals surface area contributed by atoms with E-state index < -0.39 is 0 Å². The molecule has 0 heterocycles. The number of aryl methyl sites for hydroxylation is 1. The molecule has 0 bridgehead atoms. The van der Waals surface area contributed by atoms with E-state index in [-0.39, 0.29) is 5.91 Å². The van der Waals surface area contributed by atoms with E-state index in [1.54, 1.807) is 0 Å². The number of carbonyl (C=O) groups excluding carboxylic acids is 1. The van der Waals surface area contributed by atoms with Gasteiger partial charge in [0, 0.05) is 12.6 Å². The summed E-state index contributed by atoms with van der Waals surface area (Å²) < 4.78 is 0. The van der Waals surface area contributed by atoms with Crippen molar-refractivity contribution in [2.45, 2.75) is 46.2 Å². The number of likely N-dealkylation sites (N-methyl/N-ethyl adjacent to an activating group) is 1. The summed E-state index contributed by atoms with van der Waals surface area (Å²) in [7, 11) is 2.04. The van der Waals surface area contributed by atoms with Gasteiger partial charge in [0.1, 0.15) is 0 Å². The van der Waals surface area contributed by atoms with Gasteiger partial charge in [0.25, 0.3) is 0 Å². The standard InChI is InChI=1S/C17H26N2O/c1-13-5-7-15(8-6-13)11-18-16(20)12-19(4)14(2)17(3)9-10-17/h5-8,14H,9-12H2,1-4H3,(H,18,20)/t14-/m0/s1. The highest BCUT2D eigenvalue weighted by Crippen LogP contribution is 2.49. The van der Waals surface area contributed by atoms with Gasteiger partial charge in [0.2, 0.25) is 5.91 Å². The van der Waals surface area contributed by atoms with Crippen LogP contribution >= 0.6 is 0 Å².